The zero-order valence-corrected chi connectivity index (χ0v) is 12.6. The molecule has 0 aliphatic heterocycles. The Morgan fingerprint density at radius 2 is 1.20 bits per heavy atom. The van der Waals surface area contributed by atoms with Gasteiger partial charge in [-0.2, -0.15) is 0 Å². The lowest BCUT2D eigenvalue weighted by atomic mass is 10.1. The second kappa shape index (κ2) is 12.2. The fourth-order valence-electron chi connectivity index (χ4n) is 1.92. The molecule has 15 heavy (non-hydrogen) atoms. The first kappa shape index (κ1) is 15.2. The van der Waals surface area contributed by atoms with E-state index in [4.69, 9.17) is 0 Å². The molecule has 0 atom stereocenters. The largest absolute Gasteiger partial charge is 0.334 e. The summed E-state index contributed by atoms with van der Waals surface area (Å²) in [6.45, 7) is 2.29. The molecule has 0 heterocycles. The molecule has 0 fully saturated rings. The lowest BCUT2D eigenvalue weighted by Crippen LogP contribution is -2.16. The molecule has 92 valence electrons. The van der Waals surface area contributed by atoms with Gasteiger partial charge in [0.15, 0.2) is 0 Å². The Morgan fingerprint density at radius 1 is 0.733 bits per heavy atom. The summed E-state index contributed by atoms with van der Waals surface area (Å²) in [5.41, 5.74) is 0. The molecule has 0 saturated carbocycles. The van der Waals surface area contributed by atoms with E-state index in [9.17, 15) is 0 Å². The summed E-state index contributed by atoms with van der Waals surface area (Å²) in [7, 11) is 4.57. The maximum absolute atomic E-state index is 2.42. The van der Waals surface area contributed by atoms with Crippen LogP contribution in [0.15, 0.2) is 0 Å². The van der Waals surface area contributed by atoms with E-state index < -0.39 is 0 Å². The highest BCUT2D eigenvalue weighted by Crippen LogP contribution is 2.10. The van der Waals surface area contributed by atoms with E-state index in [-0.39, 0.29) is 9.68 Å². The molecule has 0 saturated heterocycles. The van der Waals surface area contributed by atoms with Crippen molar-refractivity contribution < 1.29 is 0 Å². The van der Waals surface area contributed by atoms with Crippen LogP contribution in [0, 0.1) is 0 Å². The summed E-state index contributed by atoms with van der Waals surface area (Å²) in [6, 6.07) is 1.52. The molecule has 0 bridgehead atoms. The van der Waals surface area contributed by atoms with Crippen molar-refractivity contribution >= 4 is 9.68 Å². The van der Waals surface area contributed by atoms with Crippen molar-refractivity contribution in [2.75, 3.05) is 14.1 Å². The summed E-state index contributed by atoms with van der Waals surface area (Å²) >= 11 is 0. The molecule has 0 aromatic heterocycles. The first-order valence-electron chi connectivity index (χ1n) is 6.92. The van der Waals surface area contributed by atoms with Gasteiger partial charge >= 0.3 is 0 Å². The molecule has 0 aliphatic carbocycles. The SMILES string of the molecule is CCCCCCCCCCC[SiH2]N(C)C. The van der Waals surface area contributed by atoms with Crippen LogP contribution in [0.4, 0.5) is 0 Å². The summed E-state index contributed by atoms with van der Waals surface area (Å²) in [4.78, 5) is 0. The van der Waals surface area contributed by atoms with Crippen molar-refractivity contribution in [2.24, 2.45) is 0 Å². The fraction of sp³-hybridized carbons (Fsp3) is 1.00. The topological polar surface area (TPSA) is 3.24 Å². The molecule has 0 aliphatic rings. The van der Waals surface area contributed by atoms with Gasteiger partial charge in [0.25, 0.3) is 0 Å². The molecule has 0 radical (unpaired) electrons. The van der Waals surface area contributed by atoms with Crippen molar-refractivity contribution in [3.05, 3.63) is 0 Å². The van der Waals surface area contributed by atoms with Crippen LogP contribution >= 0.6 is 0 Å². The van der Waals surface area contributed by atoms with E-state index >= 15 is 0 Å². The Hall–Kier alpha value is 0.177. The monoisotopic (exact) mass is 229 g/mol. The van der Waals surface area contributed by atoms with Crippen molar-refractivity contribution in [1.82, 2.24) is 4.57 Å². The van der Waals surface area contributed by atoms with Gasteiger partial charge in [-0.25, -0.2) is 0 Å². The van der Waals surface area contributed by atoms with Crippen LogP contribution in [0.5, 0.6) is 0 Å². The van der Waals surface area contributed by atoms with E-state index in [1.165, 1.54) is 63.8 Å². The average molecular weight is 229 g/mol. The number of nitrogens with zero attached hydrogens (tertiary/aromatic N) is 1. The highest BCUT2D eigenvalue weighted by molar-refractivity contribution is 6.31. The number of unbranched alkanes of at least 4 members (excludes halogenated alkanes) is 8. The second-order valence-electron chi connectivity index (χ2n) is 4.99. The van der Waals surface area contributed by atoms with Crippen LogP contribution in [0.2, 0.25) is 6.04 Å². The normalized spacial score (nSPS) is 12.0. The first-order chi connectivity index (χ1) is 7.27. The van der Waals surface area contributed by atoms with Crippen LogP contribution in [0.3, 0.4) is 0 Å². The highest BCUT2D eigenvalue weighted by Gasteiger charge is 1.94. The molecule has 0 N–H and O–H groups in total. The third kappa shape index (κ3) is 14.2. The lowest BCUT2D eigenvalue weighted by Gasteiger charge is -2.07. The van der Waals surface area contributed by atoms with Gasteiger partial charge in [0.1, 0.15) is 0 Å². The van der Waals surface area contributed by atoms with Gasteiger partial charge in [-0.1, -0.05) is 64.7 Å². The van der Waals surface area contributed by atoms with E-state index in [0.717, 1.165) is 0 Å². The minimum Gasteiger partial charge on any atom is -0.334 e. The van der Waals surface area contributed by atoms with E-state index in [0.29, 0.717) is 0 Å². The Bertz CT molecular complexity index is 115. The fourth-order valence-corrected chi connectivity index (χ4v) is 3.13. The Morgan fingerprint density at radius 3 is 1.67 bits per heavy atom. The zero-order valence-electron chi connectivity index (χ0n) is 11.2. The van der Waals surface area contributed by atoms with Gasteiger partial charge in [0, 0.05) is 0 Å². The summed E-state index contributed by atoms with van der Waals surface area (Å²) in [5.74, 6) is 0. The van der Waals surface area contributed by atoms with Gasteiger partial charge in [-0.05, 0) is 20.1 Å². The Kier molecular flexibility index (Phi) is 12.4. The minimum absolute atomic E-state index is 0.129. The van der Waals surface area contributed by atoms with Crippen molar-refractivity contribution in [3.63, 3.8) is 0 Å². The number of hydrogen-bond acceptors (Lipinski definition) is 1. The smallest absolute Gasteiger partial charge is 0.0943 e. The molecule has 0 spiro atoms. The molecule has 0 aromatic carbocycles. The third-order valence-electron chi connectivity index (χ3n) is 2.96. The zero-order chi connectivity index (χ0) is 11.4. The van der Waals surface area contributed by atoms with Gasteiger partial charge in [-0.15, -0.1) is 0 Å². The molecule has 0 unspecified atom stereocenters. The average Bonchev–Trinajstić information content (AvgIpc) is 2.20. The predicted molar refractivity (Wildman–Crippen MR) is 74.3 cm³/mol. The van der Waals surface area contributed by atoms with E-state index in [2.05, 4.69) is 25.6 Å². The van der Waals surface area contributed by atoms with Gasteiger partial charge in [0.05, 0.1) is 9.68 Å². The van der Waals surface area contributed by atoms with Gasteiger partial charge in [-0.3, -0.25) is 0 Å². The molecule has 1 nitrogen and oxygen atoms in total. The summed E-state index contributed by atoms with van der Waals surface area (Å²) in [5, 5.41) is 0. The summed E-state index contributed by atoms with van der Waals surface area (Å²) in [6.07, 6.45) is 13.1. The van der Waals surface area contributed by atoms with Gasteiger partial charge in [0.2, 0.25) is 0 Å². The maximum Gasteiger partial charge on any atom is 0.0943 e. The van der Waals surface area contributed by atoms with Crippen LogP contribution in [-0.4, -0.2) is 28.3 Å². The van der Waals surface area contributed by atoms with E-state index in [1.807, 2.05) is 0 Å². The second-order valence-corrected chi connectivity index (χ2v) is 7.40. The highest BCUT2D eigenvalue weighted by atomic mass is 28.2. The Labute approximate surface area is 99.5 Å². The first-order valence-corrected chi connectivity index (χ1v) is 8.55. The minimum atomic E-state index is 0.129. The quantitative estimate of drug-likeness (QED) is 0.387. The lowest BCUT2D eigenvalue weighted by molar-refractivity contribution is 0.569. The van der Waals surface area contributed by atoms with Crippen LogP contribution < -0.4 is 0 Å². The number of rotatable bonds is 11. The van der Waals surface area contributed by atoms with Crippen LogP contribution in [0.1, 0.15) is 64.7 Å². The maximum atomic E-state index is 2.42. The summed E-state index contributed by atoms with van der Waals surface area (Å²) < 4.78 is 2.42. The van der Waals surface area contributed by atoms with E-state index in [1.54, 1.807) is 0 Å². The molecular formula is C13H31NSi. The third-order valence-corrected chi connectivity index (χ3v) is 4.67. The predicted octanol–water partition coefficient (Wildman–Crippen LogP) is 3.58. The van der Waals surface area contributed by atoms with Crippen molar-refractivity contribution in [1.29, 1.82) is 0 Å². The Balaban J connectivity index is 2.87. The molecule has 0 rings (SSSR count). The molecule has 0 aromatic rings. The van der Waals surface area contributed by atoms with Gasteiger partial charge < -0.3 is 4.57 Å². The number of hydrogen-bond donors (Lipinski definition) is 0. The van der Waals surface area contributed by atoms with Crippen LogP contribution in [-0.2, 0) is 0 Å². The van der Waals surface area contributed by atoms with Crippen LogP contribution in [0.25, 0.3) is 0 Å². The van der Waals surface area contributed by atoms with Crippen molar-refractivity contribution in [3.8, 4) is 0 Å². The molecule has 0 amide bonds. The van der Waals surface area contributed by atoms with Crippen molar-refractivity contribution in [2.45, 2.75) is 70.8 Å². The molecular weight excluding hydrogens is 198 g/mol. The molecule has 2 heteroatoms. The standard InChI is InChI=1S/C13H31NSi/c1-4-5-6-7-8-9-10-11-12-13-15-14(2)3/h4-13,15H2,1-3H3.